The molecular formula is C21H18F2N2O3. The number of hydrogen-bond acceptors (Lipinski definition) is 3. The van der Waals surface area contributed by atoms with Crippen LogP contribution in [0.1, 0.15) is 41.6 Å². The molecule has 1 aliphatic heterocycles. The van der Waals surface area contributed by atoms with Crippen molar-refractivity contribution in [2.24, 2.45) is 5.92 Å². The third-order valence-electron chi connectivity index (χ3n) is 5.15. The van der Waals surface area contributed by atoms with Crippen molar-refractivity contribution in [1.29, 1.82) is 0 Å². The first kappa shape index (κ1) is 18.3. The number of carbonyl (C=O) groups is 3. The van der Waals surface area contributed by atoms with Crippen LogP contribution in [-0.2, 0) is 9.59 Å². The zero-order chi connectivity index (χ0) is 20.0. The average molecular weight is 384 g/mol. The molecule has 0 saturated heterocycles. The van der Waals surface area contributed by atoms with Gasteiger partial charge in [-0.25, -0.2) is 8.78 Å². The number of halogens is 2. The van der Waals surface area contributed by atoms with Gasteiger partial charge >= 0.3 is 0 Å². The van der Waals surface area contributed by atoms with Crippen molar-refractivity contribution in [3.05, 3.63) is 59.2 Å². The summed E-state index contributed by atoms with van der Waals surface area (Å²) in [6.45, 7) is 1.74. The normalized spacial score (nSPS) is 17.8. The fourth-order valence-corrected chi connectivity index (χ4v) is 3.54. The predicted molar refractivity (Wildman–Crippen MR) is 99.3 cm³/mol. The van der Waals surface area contributed by atoms with E-state index < -0.39 is 29.4 Å². The molecule has 1 atom stereocenters. The lowest BCUT2D eigenvalue weighted by atomic mass is 9.95. The van der Waals surface area contributed by atoms with Gasteiger partial charge in [0.2, 0.25) is 11.8 Å². The molecule has 4 rings (SSSR count). The van der Waals surface area contributed by atoms with Crippen LogP contribution >= 0.6 is 0 Å². The zero-order valence-corrected chi connectivity index (χ0v) is 15.2. The van der Waals surface area contributed by atoms with E-state index in [0.717, 1.165) is 23.8 Å². The van der Waals surface area contributed by atoms with Gasteiger partial charge in [-0.05, 0) is 55.7 Å². The number of anilines is 2. The molecule has 1 heterocycles. The highest BCUT2D eigenvalue weighted by Crippen LogP contribution is 2.38. The lowest BCUT2D eigenvalue weighted by Crippen LogP contribution is -2.38. The van der Waals surface area contributed by atoms with E-state index >= 15 is 0 Å². The Bertz CT molecular complexity index is 1000. The van der Waals surface area contributed by atoms with Gasteiger partial charge in [0, 0.05) is 29.8 Å². The quantitative estimate of drug-likeness (QED) is 0.632. The van der Waals surface area contributed by atoms with Crippen LogP contribution in [0, 0.1) is 17.6 Å². The minimum atomic E-state index is -1.19. The van der Waals surface area contributed by atoms with Gasteiger partial charge in [-0.15, -0.1) is 0 Å². The van der Waals surface area contributed by atoms with Gasteiger partial charge < -0.3 is 10.2 Å². The first-order valence-corrected chi connectivity index (χ1v) is 9.16. The Kier molecular flexibility index (Phi) is 4.45. The number of carbonyl (C=O) groups excluding carboxylic acids is 3. The van der Waals surface area contributed by atoms with Gasteiger partial charge in [-0.1, -0.05) is 0 Å². The van der Waals surface area contributed by atoms with Gasteiger partial charge in [0.05, 0.1) is 5.69 Å². The van der Waals surface area contributed by atoms with Crippen molar-refractivity contribution in [1.82, 2.24) is 0 Å². The number of nitrogens with one attached hydrogen (secondary N) is 1. The lowest BCUT2D eigenvalue weighted by Gasteiger charge is -2.24. The van der Waals surface area contributed by atoms with Crippen LogP contribution in [0.5, 0.6) is 0 Å². The van der Waals surface area contributed by atoms with E-state index in [4.69, 9.17) is 0 Å². The number of Topliss-reactive ketones (excluding diaryl/α,β-unsaturated/α-hetero) is 1. The minimum absolute atomic E-state index is 0.00488. The van der Waals surface area contributed by atoms with Crippen molar-refractivity contribution >= 4 is 29.0 Å². The van der Waals surface area contributed by atoms with Crippen LogP contribution in [0.3, 0.4) is 0 Å². The number of ketones is 1. The van der Waals surface area contributed by atoms with E-state index in [-0.39, 0.29) is 23.9 Å². The van der Waals surface area contributed by atoms with Gasteiger partial charge in [-0.2, -0.15) is 0 Å². The molecular weight excluding hydrogens is 366 g/mol. The zero-order valence-electron chi connectivity index (χ0n) is 15.2. The molecule has 0 radical (unpaired) electrons. The number of nitrogens with zero attached hydrogens (tertiary/aromatic N) is 1. The van der Waals surface area contributed by atoms with Gasteiger partial charge in [0.1, 0.15) is 17.6 Å². The number of rotatable bonds is 5. The summed E-state index contributed by atoms with van der Waals surface area (Å²) in [6, 6.07) is 7.76. The molecule has 28 heavy (non-hydrogen) atoms. The van der Waals surface area contributed by atoms with Gasteiger partial charge in [-0.3, -0.25) is 14.4 Å². The summed E-state index contributed by atoms with van der Waals surface area (Å²) in [5.74, 6) is -3.96. The van der Waals surface area contributed by atoms with Crippen LogP contribution < -0.4 is 10.2 Å². The molecule has 1 fully saturated rings. The summed E-state index contributed by atoms with van der Waals surface area (Å²) in [7, 11) is 0. The van der Waals surface area contributed by atoms with Crippen LogP contribution in [0.2, 0.25) is 0 Å². The topological polar surface area (TPSA) is 66.5 Å². The van der Waals surface area contributed by atoms with Crippen LogP contribution in [0.25, 0.3) is 0 Å². The molecule has 2 aromatic rings. The molecule has 0 spiro atoms. The molecule has 5 nitrogen and oxygen atoms in total. The van der Waals surface area contributed by atoms with Crippen molar-refractivity contribution in [2.45, 2.75) is 25.7 Å². The SMILES string of the molecule is CCN(C(=O)C1C(=O)Nc2ccc(C(=O)C3CC3)cc21)c1ccc(F)cc1F. The van der Waals surface area contributed by atoms with Gasteiger partial charge in [0.15, 0.2) is 5.78 Å². The highest BCUT2D eigenvalue weighted by Gasteiger charge is 2.40. The maximum absolute atomic E-state index is 14.2. The second kappa shape index (κ2) is 6.82. The molecule has 0 bridgehead atoms. The standard InChI is InChI=1S/C21H18F2N2O3/c1-2-25(17-8-6-13(22)10-15(17)23)21(28)18-14-9-12(19(26)11-3-4-11)5-7-16(14)24-20(18)27/h5-11,18H,2-4H2,1H3,(H,24,27). The second-order valence-electron chi connectivity index (χ2n) is 7.04. The van der Waals surface area contributed by atoms with E-state index in [9.17, 15) is 23.2 Å². The molecule has 2 amide bonds. The highest BCUT2D eigenvalue weighted by atomic mass is 19.1. The van der Waals surface area contributed by atoms with E-state index in [1.807, 2.05) is 0 Å². The molecule has 1 unspecified atom stereocenters. The fourth-order valence-electron chi connectivity index (χ4n) is 3.54. The lowest BCUT2D eigenvalue weighted by molar-refractivity contribution is -0.126. The highest BCUT2D eigenvalue weighted by molar-refractivity contribution is 6.20. The Hall–Kier alpha value is -3.09. The Morgan fingerprint density at radius 3 is 2.54 bits per heavy atom. The number of hydrogen-bond donors (Lipinski definition) is 1. The number of likely N-dealkylation sites (N-methyl/N-ethyl adjacent to an activating group) is 1. The molecule has 1 aliphatic carbocycles. The summed E-state index contributed by atoms with van der Waals surface area (Å²) in [6.07, 6.45) is 1.70. The van der Waals surface area contributed by atoms with Crippen LogP contribution in [-0.4, -0.2) is 24.1 Å². The first-order valence-electron chi connectivity index (χ1n) is 9.16. The van der Waals surface area contributed by atoms with Crippen molar-refractivity contribution < 1.29 is 23.2 Å². The third-order valence-corrected chi connectivity index (χ3v) is 5.15. The Morgan fingerprint density at radius 2 is 1.89 bits per heavy atom. The van der Waals surface area contributed by atoms with Crippen molar-refractivity contribution in [3.63, 3.8) is 0 Å². The molecule has 144 valence electrons. The minimum Gasteiger partial charge on any atom is -0.325 e. The van der Waals surface area contributed by atoms with Crippen molar-refractivity contribution in [2.75, 3.05) is 16.8 Å². The Labute approximate surface area is 160 Å². The van der Waals surface area contributed by atoms with Gasteiger partial charge in [0.25, 0.3) is 0 Å². The summed E-state index contributed by atoms with van der Waals surface area (Å²) in [5, 5.41) is 2.64. The third kappa shape index (κ3) is 3.06. The first-order chi connectivity index (χ1) is 13.4. The molecule has 1 saturated carbocycles. The number of fused-ring (bicyclic) bond motifs is 1. The molecule has 2 aliphatic rings. The molecule has 2 aromatic carbocycles. The summed E-state index contributed by atoms with van der Waals surface area (Å²) >= 11 is 0. The second-order valence-corrected chi connectivity index (χ2v) is 7.04. The fraction of sp³-hybridized carbons (Fsp3) is 0.286. The van der Waals surface area contributed by atoms with E-state index in [1.165, 1.54) is 6.07 Å². The molecule has 0 aromatic heterocycles. The van der Waals surface area contributed by atoms with E-state index in [2.05, 4.69) is 5.32 Å². The van der Waals surface area contributed by atoms with Crippen LogP contribution in [0.15, 0.2) is 36.4 Å². The smallest absolute Gasteiger partial charge is 0.244 e. The maximum atomic E-state index is 14.2. The molecule has 7 heteroatoms. The van der Waals surface area contributed by atoms with Crippen molar-refractivity contribution in [3.8, 4) is 0 Å². The van der Waals surface area contributed by atoms with Crippen LogP contribution in [0.4, 0.5) is 20.2 Å². The summed E-state index contributed by atoms with van der Waals surface area (Å²) < 4.78 is 27.4. The Balaban J connectivity index is 1.70. The summed E-state index contributed by atoms with van der Waals surface area (Å²) in [5.41, 5.74) is 1.24. The maximum Gasteiger partial charge on any atom is 0.244 e. The monoisotopic (exact) mass is 384 g/mol. The Morgan fingerprint density at radius 1 is 1.14 bits per heavy atom. The largest absolute Gasteiger partial charge is 0.325 e. The number of benzene rings is 2. The summed E-state index contributed by atoms with van der Waals surface area (Å²) in [4.78, 5) is 39.1. The van der Waals surface area contributed by atoms with E-state index in [1.54, 1.807) is 25.1 Å². The molecule has 1 N–H and O–H groups in total. The average Bonchev–Trinajstić information content (AvgIpc) is 3.45. The van der Waals surface area contributed by atoms with E-state index in [0.29, 0.717) is 22.9 Å². The number of amides is 2. The predicted octanol–water partition coefficient (Wildman–Crippen LogP) is 3.65.